The Labute approximate surface area is 225 Å². The summed E-state index contributed by atoms with van der Waals surface area (Å²) in [6.07, 6.45) is 1.21. The molecule has 2 amide bonds. The van der Waals surface area contributed by atoms with Crippen molar-refractivity contribution < 1.29 is 19.4 Å². The number of aromatic amines is 1. The molecule has 3 atom stereocenters. The van der Waals surface area contributed by atoms with Gasteiger partial charge >= 0.3 is 6.03 Å². The van der Waals surface area contributed by atoms with Gasteiger partial charge < -0.3 is 25.2 Å². The summed E-state index contributed by atoms with van der Waals surface area (Å²) in [6.45, 7) is 0.426. The molecule has 10 heteroatoms. The molecule has 196 valence electrons. The fourth-order valence-electron chi connectivity index (χ4n) is 4.17. The highest BCUT2D eigenvalue weighted by Crippen LogP contribution is 2.39. The molecule has 3 aromatic carbocycles. The molecule has 0 saturated carbocycles. The first kappa shape index (κ1) is 25.9. The average Bonchev–Trinajstić information content (AvgIpc) is 3.49. The second-order valence-corrected chi connectivity index (χ2v) is 9.88. The van der Waals surface area contributed by atoms with Crippen molar-refractivity contribution in [2.75, 3.05) is 11.1 Å². The maximum atomic E-state index is 12.5. The summed E-state index contributed by atoms with van der Waals surface area (Å²) in [7, 11) is 0. The van der Waals surface area contributed by atoms with Gasteiger partial charge in [0, 0.05) is 30.0 Å². The molecule has 4 aromatic rings. The van der Waals surface area contributed by atoms with E-state index in [1.807, 2.05) is 78.9 Å². The molecule has 2 heterocycles. The number of benzene rings is 3. The Morgan fingerprint density at radius 1 is 1.00 bits per heavy atom. The van der Waals surface area contributed by atoms with Gasteiger partial charge in [-0.25, -0.2) is 9.78 Å². The first-order valence-electron chi connectivity index (χ1n) is 12.3. The van der Waals surface area contributed by atoms with Gasteiger partial charge in [0.1, 0.15) is 6.33 Å². The number of ether oxygens (including phenoxy) is 2. The van der Waals surface area contributed by atoms with Crippen molar-refractivity contribution in [3.8, 4) is 0 Å². The van der Waals surface area contributed by atoms with Gasteiger partial charge in [-0.2, -0.15) is 5.10 Å². The van der Waals surface area contributed by atoms with Crippen LogP contribution < -0.4 is 10.6 Å². The zero-order valence-electron chi connectivity index (χ0n) is 20.6. The van der Waals surface area contributed by atoms with E-state index in [9.17, 15) is 9.90 Å². The van der Waals surface area contributed by atoms with Crippen LogP contribution in [0.3, 0.4) is 0 Å². The lowest BCUT2D eigenvalue weighted by Crippen LogP contribution is -2.31. The summed E-state index contributed by atoms with van der Waals surface area (Å²) >= 11 is 1.54. The van der Waals surface area contributed by atoms with E-state index in [1.165, 1.54) is 6.33 Å². The first-order chi connectivity index (χ1) is 18.7. The number of anilines is 1. The summed E-state index contributed by atoms with van der Waals surface area (Å²) in [5, 5.41) is 22.7. The van der Waals surface area contributed by atoms with E-state index in [0.717, 1.165) is 27.4 Å². The van der Waals surface area contributed by atoms with Crippen LogP contribution >= 0.6 is 11.8 Å². The first-order valence-corrected chi connectivity index (χ1v) is 13.3. The van der Waals surface area contributed by atoms with E-state index < -0.39 is 6.29 Å². The smallest absolute Gasteiger partial charge is 0.319 e. The van der Waals surface area contributed by atoms with Crippen LogP contribution in [0.5, 0.6) is 0 Å². The number of carbonyl (C=O) groups excluding carboxylic acids is 1. The van der Waals surface area contributed by atoms with Crippen molar-refractivity contribution in [3.05, 3.63) is 107 Å². The molecule has 0 bridgehead atoms. The maximum Gasteiger partial charge on any atom is 0.319 e. The molecule has 0 aliphatic carbocycles. The number of carbonyl (C=O) groups is 1. The summed E-state index contributed by atoms with van der Waals surface area (Å²) in [4.78, 5) is 16.7. The number of aliphatic hydroxyl groups is 1. The molecule has 0 radical (unpaired) electrons. The molecule has 1 saturated heterocycles. The maximum absolute atomic E-state index is 12.5. The lowest BCUT2D eigenvalue weighted by atomic mass is 10.0. The average molecular weight is 532 g/mol. The highest BCUT2D eigenvalue weighted by molar-refractivity contribution is 7.99. The Kier molecular flexibility index (Phi) is 8.67. The Morgan fingerprint density at radius 2 is 1.84 bits per heavy atom. The lowest BCUT2D eigenvalue weighted by molar-refractivity contribution is -0.245. The second kappa shape index (κ2) is 12.7. The van der Waals surface area contributed by atoms with Crippen molar-refractivity contribution in [3.63, 3.8) is 0 Å². The Bertz CT molecular complexity index is 1300. The summed E-state index contributed by atoms with van der Waals surface area (Å²) < 4.78 is 12.8. The van der Waals surface area contributed by atoms with Gasteiger partial charge in [0.2, 0.25) is 0 Å². The zero-order chi connectivity index (χ0) is 26.2. The third-order valence-corrected chi connectivity index (χ3v) is 7.13. The third kappa shape index (κ3) is 6.99. The highest BCUT2D eigenvalue weighted by atomic mass is 32.2. The normalized spacial score (nSPS) is 19.1. The molecule has 9 nitrogen and oxygen atoms in total. The fourth-order valence-corrected chi connectivity index (χ4v) is 4.97. The highest BCUT2D eigenvalue weighted by Gasteiger charge is 2.32. The van der Waals surface area contributed by atoms with Gasteiger partial charge in [0.25, 0.3) is 0 Å². The summed E-state index contributed by atoms with van der Waals surface area (Å²) in [5.74, 6) is 0.667. The predicted molar refractivity (Wildman–Crippen MR) is 144 cm³/mol. The van der Waals surface area contributed by atoms with Crippen LogP contribution in [0.25, 0.3) is 0 Å². The minimum Gasteiger partial charge on any atom is -0.392 e. The predicted octanol–water partition coefficient (Wildman–Crippen LogP) is 4.96. The third-order valence-electron chi connectivity index (χ3n) is 6.13. The number of aliphatic hydroxyl groups excluding tert-OH is 1. The van der Waals surface area contributed by atoms with E-state index in [2.05, 4.69) is 25.8 Å². The minimum absolute atomic E-state index is 0.00724. The van der Waals surface area contributed by atoms with E-state index in [1.54, 1.807) is 11.8 Å². The van der Waals surface area contributed by atoms with E-state index >= 15 is 0 Å². The quantitative estimate of drug-likeness (QED) is 0.225. The molecule has 1 aliphatic heterocycles. The van der Waals surface area contributed by atoms with Crippen LogP contribution in [-0.4, -0.2) is 38.2 Å². The summed E-state index contributed by atoms with van der Waals surface area (Å²) in [5.41, 5.74) is 4.33. The molecule has 0 spiro atoms. The van der Waals surface area contributed by atoms with Crippen LogP contribution in [0.15, 0.2) is 90.3 Å². The van der Waals surface area contributed by atoms with Gasteiger partial charge in [-0.3, -0.25) is 5.10 Å². The van der Waals surface area contributed by atoms with Crippen molar-refractivity contribution >= 4 is 23.5 Å². The van der Waals surface area contributed by atoms with E-state index in [-0.39, 0.29) is 24.8 Å². The standard InChI is InChI=1S/C28H29N5O4S/c34-16-20-9-11-21(12-10-20)25-14-24(17-38-28-30-18-31-33-28)36-26(37-25)22-7-4-8-23(13-22)32-27(35)29-15-19-5-2-1-3-6-19/h1-13,18,24-26,34H,14-17H2,(H2,29,32,35)(H,30,31,33). The molecule has 4 N–H and O–H groups in total. The lowest BCUT2D eigenvalue weighted by Gasteiger charge is -2.36. The van der Waals surface area contributed by atoms with Crippen molar-refractivity contribution in [1.29, 1.82) is 0 Å². The Balaban J connectivity index is 1.28. The van der Waals surface area contributed by atoms with Crippen LogP contribution in [0.1, 0.15) is 41.1 Å². The van der Waals surface area contributed by atoms with Crippen molar-refractivity contribution in [2.24, 2.45) is 0 Å². The molecule has 1 aliphatic rings. The fraction of sp³-hybridized carbons (Fsp3) is 0.250. The Hall–Kier alpha value is -3.70. The van der Waals surface area contributed by atoms with Crippen LogP contribution in [0.4, 0.5) is 10.5 Å². The number of amides is 2. The topological polar surface area (TPSA) is 121 Å². The van der Waals surface area contributed by atoms with Gasteiger partial charge in [-0.15, -0.1) is 0 Å². The molecule has 1 fully saturated rings. The number of hydrogen-bond acceptors (Lipinski definition) is 7. The number of rotatable bonds is 9. The number of nitrogens with one attached hydrogen (secondary N) is 3. The zero-order valence-corrected chi connectivity index (χ0v) is 21.4. The van der Waals surface area contributed by atoms with Crippen molar-refractivity contribution in [2.45, 2.75) is 43.2 Å². The minimum atomic E-state index is -0.624. The van der Waals surface area contributed by atoms with Gasteiger partial charge in [-0.05, 0) is 28.8 Å². The molecule has 3 unspecified atom stereocenters. The number of nitrogens with zero attached hydrogens (tertiary/aromatic N) is 2. The molecule has 1 aromatic heterocycles. The summed E-state index contributed by atoms with van der Waals surface area (Å²) in [6, 6.07) is 24.7. The molecular weight excluding hydrogens is 502 g/mol. The largest absolute Gasteiger partial charge is 0.392 e. The second-order valence-electron chi connectivity index (χ2n) is 8.87. The van der Waals surface area contributed by atoms with Crippen LogP contribution in [0.2, 0.25) is 0 Å². The van der Waals surface area contributed by atoms with Gasteiger partial charge in [-0.1, -0.05) is 78.5 Å². The molecular formula is C28H29N5O4S. The van der Waals surface area contributed by atoms with Gasteiger partial charge in [0.15, 0.2) is 11.4 Å². The SMILES string of the molecule is O=C(NCc1ccccc1)Nc1cccc(C2OC(CSc3ncn[nH]3)CC(c3ccc(CO)cc3)O2)c1. The van der Waals surface area contributed by atoms with Gasteiger partial charge in [0.05, 0.1) is 18.8 Å². The number of H-pyrrole nitrogens is 1. The monoisotopic (exact) mass is 531 g/mol. The number of aromatic nitrogens is 3. The Morgan fingerprint density at radius 3 is 2.61 bits per heavy atom. The van der Waals surface area contributed by atoms with E-state index in [0.29, 0.717) is 24.4 Å². The van der Waals surface area contributed by atoms with Crippen molar-refractivity contribution in [1.82, 2.24) is 20.5 Å². The number of urea groups is 1. The number of hydrogen-bond donors (Lipinski definition) is 4. The molecule has 38 heavy (non-hydrogen) atoms. The number of thioether (sulfide) groups is 1. The van der Waals surface area contributed by atoms with Crippen LogP contribution in [0, 0.1) is 0 Å². The molecule has 5 rings (SSSR count). The van der Waals surface area contributed by atoms with E-state index in [4.69, 9.17) is 9.47 Å². The van der Waals surface area contributed by atoms with Crippen LogP contribution in [-0.2, 0) is 22.6 Å².